The van der Waals surface area contributed by atoms with Gasteiger partial charge in [-0.05, 0) is 18.6 Å². The predicted molar refractivity (Wildman–Crippen MR) is 71.2 cm³/mol. The lowest BCUT2D eigenvalue weighted by Gasteiger charge is -2.30. The van der Waals surface area contributed by atoms with Crippen LogP contribution in [0.3, 0.4) is 0 Å². The molecule has 0 bridgehead atoms. The van der Waals surface area contributed by atoms with E-state index in [9.17, 15) is 9.59 Å². The second-order valence-electron chi connectivity index (χ2n) is 5.93. The van der Waals surface area contributed by atoms with Crippen LogP contribution >= 0.6 is 0 Å². The molecular formula is C15H17NO3. The monoisotopic (exact) mass is 259 g/mol. The lowest BCUT2D eigenvalue weighted by Crippen LogP contribution is -2.46. The van der Waals surface area contributed by atoms with Crippen LogP contribution < -0.4 is 4.90 Å². The van der Waals surface area contributed by atoms with E-state index in [1.54, 1.807) is 0 Å². The van der Waals surface area contributed by atoms with Gasteiger partial charge in [-0.25, -0.2) is 4.79 Å². The van der Waals surface area contributed by atoms with E-state index in [1.165, 1.54) is 12.7 Å². The van der Waals surface area contributed by atoms with Gasteiger partial charge in [-0.1, -0.05) is 32.0 Å². The number of esters is 1. The maximum Gasteiger partial charge on any atom is 0.341 e. The minimum absolute atomic E-state index is 0.293. The molecule has 1 saturated heterocycles. The molecule has 4 heteroatoms. The number of nitrogens with zero attached hydrogens (tertiary/aromatic N) is 1. The lowest BCUT2D eigenvalue weighted by molar-refractivity contribution is -0.145. The van der Waals surface area contributed by atoms with Crippen molar-refractivity contribution in [2.45, 2.75) is 37.3 Å². The number of methoxy groups -OCH3 is 1. The molecule has 0 aromatic heterocycles. The number of para-hydroxylation sites is 1. The van der Waals surface area contributed by atoms with Crippen LogP contribution in [0.15, 0.2) is 24.3 Å². The molecule has 1 aromatic rings. The Bertz CT molecular complexity index is 595. The summed E-state index contributed by atoms with van der Waals surface area (Å²) in [5.41, 5.74) is 0.0861. The van der Waals surface area contributed by atoms with Gasteiger partial charge in [0.05, 0.1) is 12.6 Å². The van der Waals surface area contributed by atoms with Crippen LogP contribution in [0.5, 0.6) is 0 Å². The molecule has 4 nitrogen and oxygen atoms in total. The van der Waals surface area contributed by atoms with E-state index < -0.39 is 17.0 Å². The van der Waals surface area contributed by atoms with Crippen LogP contribution in [0.2, 0.25) is 0 Å². The Balaban J connectivity index is 2.26. The molecule has 0 saturated carbocycles. The molecule has 1 aromatic carbocycles. The summed E-state index contributed by atoms with van der Waals surface area (Å²) in [5.74, 6) is -0.479. The first-order valence-corrected chi connectivity index (χ1v) is 6.34. The van der Waals surface area contributed by atoms with Crippen LogP contribution in [0.4, 0.5) is 5.69 Å². The summed E-state index contributed by atoms with van der Waals surface area (Å²) in [6.07, 6.45) is 0.733. The quantitative estimate of drug-likeness (QED) is 0.351. The number of aldehydes is 1. The van der Waals surface area contributed by atoms with E-state index >= 15 is 0 Å². The van der Waals surface area contributed by atoms with Crippen LogP contribution in [0, 0.1) is 0 Å². The topological polar surface area (TPSA) is 46.4 Å². The molecule has 0 spiro atoms. The van der Waals surface area contributed by atoms with E-state index in [-0.39, 0.29) is 5.41 Å². The molecule has 0 radical (unpaired) electrons. The first-order chi connectivity index (χ1) is 8.89. The second-order valence-corrected chi connectivity index (χ2v) is 5.93. The van der Waals surface area contributed by atoms with Crippen LogP contribution in [-0.4, -0.2) is 30.4 Å². The third kappa shape index (κ3) is 0.958. The first kappa shape index (κ1) is 12.2. The van der Waals surface area contributed by atoms with E-state index in [1.807, 2.05) is 30.0 Å². The Morgan fingerprint density at radius 3 is 2.47 bits per heavy atom. The molecule has 19 heavy (non-hydrogen) atoms. The van der Waals surface area contributed by atoms with Crippen molar-refractivity contribution in [2.24, 2.45) is 0 Å². The molecular weight excluding hydrogens is 242 g/mol. The molecule has 2 aliphatic heterocycles. The molecule has 1 fully saturated rings. The molecule has 0 N–H and O–H groups in total. The summed E-state index contributed by atoms with van der Waals surface area (Å²) in [4.78, 5) is 25.7. The van der Waals surface area contributed by atoms with Gasteiger partial charge >= 0.3 is 5.97 Å². The number of ether oxygens (including phenoxy) is 1. The summed E-state index contributed by atoms with van der Waals surface area (Å²) < 4.78 is 4.87. The Morgan fingerprint density at radius 2 is 1.89 bits per heavy atom. The number of fused-ring (bicyclic) bond motifs is 3. The zero-order chi connectivity index (χ0) is 14.1. The fraction of sp³-hybridized carbons (Fsp3) is 0.467. The largest absolute Gasteiger partial charge is 0.467 e. The van der Waals surface area contributed by atoms with Crippen molar-refractivity contribution in [1.29, 1.82) is 0 Å². The average molecular weight is 259 g/mol. The highest BCUT2D eigenvalue weighted by molar-refractivity contribution is 6.14. The number of rotatable bonds is 2. The number of hydrogen-bond donors (Lipinski definition) is 0. The minimum Gasteiger partial charge on any atom is -0.467 e. The maximum atomic E-state index is 12.1. The van der Waals surface area contributed by atoms with Crippen LogP contribution in [0.1, 0.15) is 26.3 Å². The summed E-state index contributed by atoms with van der Waals surface area (Å²) >= 11 is 0. The Hall–Kier alpha value is -1.84. The summed E-state index contributed by atoms with van der Waals surface area (Å²) in [5, 5.41) is 0. The molecule has 2 aliphatic rings. The van der Waals surface area contributed by atoms with Crippen molar-refractivity contribution in [2.75, 3.05) is 12.0 Å². The highest BCUT2D eigenvalue weighted by Crippen LogP contribution is 2.69. The van der Waals surface area contributed by atoms with Crippen LogP contribution in [-0.2, 0) is 19.7 Å². The van der Waals surface area contributed by atoms with Crippen molar-refractivity contribution in [3.05, 3.63) is 29.8 Å². The molecule has 3 rings (SSSR count). The van der Waals surface area contributed by atoms with Gasteiger partial charge in [0, 0.05) is 11.1 Å². The van der Waals surface area contributed by atoms with Gasteiger partial charge in [-0.2, -0.15) is 0 Å². The predicted octanol–water partition coefficient (Wildman–Crippen LogP) is 1.67. The first-order valence-electron chi connectivity index (χ1n) is 6.34. The highest BCUT2D eigenvalue weighted by Gasteiger charge is 2.86. The zero-order valence-electron chi connectivity index (χ0n) is 11.6. The second kappa shape index (κ2) is 3.18. The number of carbonyl (C=O) groups excluding carboxylic acids is 2. The molecule has 0 amide bonds. The standard InChI is InChI=1S/C15H17NO3/c1-13(2)10-7-5-6-8-11(10)16-14(13,3)15(16,9-17)12(18)19-4/h5-9H,1-4H3. The maximum absolute atomic E-state index is 12.1. The van der Waals surface area contributed by atoms with Crippen molar-refractivity contribution in [3.8, 4) is 0 Å². The molecule has 2 unspecified atom stereocenters. The molecule has 2 atom stereocenters. The van der Waals surface area contributed by atoms with E-state index in [0.717, 1.165) is 12.0 Å². The summed E-state index contributed by atoms with van der Waals surface area (Å²) in [7, 11) is 1.32. The highest BCUT2D eigenvalue weighted by atomic mass is 16.5. The van der Waals surface area contributed by atoms with Gasteiger partial charge in [0.2, 0.25) is 5.54 Å². The van der Waals surface area contributed by atoms with Crippen molar-refractivity contribution >= 4 is 17.9 Å². The van der Waals surface area contributed by atoms with E-state index in [0.29, 0.717) is 0 Å². The van der Waals surface area contributed by atoms with E-state index in [4.69, 9.17) is 4.74 Å². The molecule has 2 heterocycles. The fourth-order valence-electron chi connectivity index (χ4n) is 3.80. The van der Waals surface area contributed by atoms with Gasteiger partial charge in [0.1, 0.15) is 0 Å². The summed E-state index contributed by atoms with van der Waals surface area (Å²) in [6.45, 7) is 6.10. The fourth-order valence-corrected chi connectivity index (χ4v) is 3.80. The number of benzene rings is 1. The lowest BCUT2D eigenvalue weighted by atomic mass is 9.69. The van der Waals surface area contributed by atoms with Crippen molar-refractivity contribution in [3.63, 3.8) is 0 Å². The average Bonchev–Trinajstić information content (AvgIpc) is 2.94. The van der Waals surface area contributed by atoms with Gasteiger partial charge < -0.3 is 9.64 Å². The Labute approximate surface area is 112 Å². The van der Waals surface area contributed by atoms with Gasteiger partial charge in [-0.15, -0.1) is 0 Å². The third-order valence-electron chi connectivity index (χ3n) is 5.19. The third-order valence-corrected chi connectivity index (χ3v) is 5.19. The van der Waals surface area contributed by atoms with Gasteiger partial charge in [0.15, 0.2) is 6.29 Å². The number of anilines is 1. The SMILES string of the molecule is COC(=O)C1(C=O)N2c3ccccc3C(C)(C)C21C. The minimum atomic E-state index is -1.18. The zero-order valence-corrected chi connectivity index (χ0v) is 11.6. The molecule has 0 aliphatic carbocycles. The smallest absolute Gasteiger partial charge is 0.341 e. The Kier molecular flexibility index (Phi) is 2.04. The van der Waals surface area contributed by atoms with Crippen LogP contribution in [0.25, 0.3) is 0 Å². The Morgan fingerprint density at radius 1 is 1.26 bits per heavy atom. The van der Waals surface area contributed by atoms with Crippen molar-refractivity contribution < 1.29 is 14.3 Å². The number of hydrogen-bond acceptors (Lipinski definition) is 4. The van der Waals surface area contributed by atoms with E-state index in [2.05, 4.69) is 19.9 Å². The summed E-state index contributed by atoms with van der Waals surface area (Å²) in [6, 6.07) is 7.92. The van der Waals surface area contributed by atoms with Crippen molar-refractivity contribution in [1.82, 2.24) is 0 Å². The molecule has 100 valence electrons. The van der Waals surface area contributed by atoms with Gasteiger partial charge in [0.25, 0.3) is 0 Å². The van der Waals surface area contributed by atoms with Gasteiger partial charge in [-0.3, -0.25) is 4.79 Å². The number of carbonyl (C=O) groups is 2. The normalized spacial score (nSPS) is 33.4.